The van der Waals surface area contributed by atoms with Crippen molar-refractivity contribution in [2.45, 2.75) is 6.42 Å². The molecule has 0 aliphatic carbocycles. The number of hydrogen-bond acceptors (Lipinski definition) is 7. The number of carbonyl (C=O) groups excluding carboxylic acids is 1. The Bertz CT molecular complexity index is 751. The van der Waals surface area contributed by atoms with Gasteiger partial charge in [0, 0.05) is 11.3 Å². The number of aromatic hydroxyl groups is 3. The van der Waals surface area contributed by atoms with Gasteiger partial charge in [-0.05, 0) is 35.2 Å². The number of carbonyl (C=O) groups is 1. The van der Waals surface area contributed by atoms with Crippen molar-refractivity contribution in [1.82, 2.24) is 0 Å². The summed E-state index contributed by atoms with van der Waals surface area (Å²) in [4.78, 5) is 12.9. The molecule has 1 aromatic heterocycles. The number of rotatable bonds is 5. The minimum absolute atomic E-state index is 0.143. The van der Waals surface area contributed by atoms with Gasteiger partial charge >= 0.3 is 5.97 Å². The number of esters is 1. The van der Waals surface area contributed by atoms with Crippen molar-refractivity contribution in [3.63, 3.8) is 0 Å². The number of benzene rings is 1. The summed E-state index contributed by atoms with van der Waals surface area (Å²) in [5.41, 5.74) is -0.0924. The predicted octanol–water partition coefficient (Wildman–Crippen LogP) is 2.56. The molecule has 0 saturated heterocycles. The molecule has 1 aromatic carbocycles. The molecule has 0 unspecified atom stereocenters. The molecule has 118 valence electrons. The fraction of sp³-hybridized carbons (Fsp3) is 0.125. The quantitative estimate of drug-likeness (QED) is 0.336. The van der Waals surface area contributed by atoms with E-state index in [2.05, 4.69) is 0 Å². The molecule has 0 saturated carbocycles. The zero-order valence-corrected chi connectivity index (χ0v) is 12.7. The second-order valence-electron chi connectivity index (χ2n) is 4.54. The summed E-state index contributed by atoms with van der Waals surface area (Å²) in [6.07, 6.45) is 1.72. The summed E-state index contributed by atoms with van der Waals surface area (Å²) in [5, 5.41) is 39.1. The Kier molecular flexibility index (Phi) is 5.23. The Morgan fingerprint density at radius 3 is 2.57 bits per heavy atom. The number of thiophene rings is 1. The molecule has 0 spiro atoms. The van der Waals surface area contributed by atoms with Crippen LogP contribution in [0.4, 0.5) is 0 Å². The summed E-state index contributed by atoms with van der Waals surface area (Å²) in [5.74, 6) is -2.57. The lowest BCUT2D eigenvalue weighted by molar-refractivity contribution is -0.138. The van der Waals surface area contributed by atoms with Gasteiger partial charge in [-0.1, -0.05) is 6.07 Å². The van der Waals surface area contributed by atoms with Crippen LogP contribution in [0.2, 0.25) is 0 Å². The number of phenols is 3. The van der Waals surface area contributed by atoms with Gasteiger partial charge in [-0.25, -0.2) is 4.79 Å². The molecule has 0 radical (unpaired) electrons. The van der Waals surface area contributed by atoms with E-state index >= 15 is 0 Å². The van der Waals surface area contributed by atoms with Crippen LogP contribution in [0, 0.1) is 11.3 Å². The first kappa shape index (κ1) is 16.4. The van der Waals surface area contributed by atoms with Gasteiger partial charge < -0.3 is 20.1 Å². The molecular weight excluding hydrogens is 318 g/mol. The summed E-state index contributed by atoms with van der Waals surface area (Å²) in [7, 11) is 0. The van der Waals surface area contributed by atoms with Crippen LogP contribution in [0.25, 0.3) is 6.08 Å². The first-order valence-electron chi connectivity index (χ1n) is 6.57. The van der Waals surface area contributed by atoms with Crippen LogP contribution in [0.1, 0.15) is 10.4 Å². The molecule has 0 atom stereocenters. The summed E-state index contributed by atoms with van der Waals surface area (Å²) in [6, 6.07) is 7.76. The molecule has 0 bridgehead atoms. The van der Waals surface area contributed by atoms with Crippen LogP contribution in [0.5, 0.6) is 17.2 Å². The van der Waals surface area contributed by atoms with E-state index in [1.165, 1.54) is 0 Å². The topological polar surface area (TPSA) is 111 Å². The van der Waals surface area contributed by atoms with Gasteiger partial charge in [-0.15, -0.1) is 11.3 Å². The van der Waals surface area contributed by atoms with Crippen LogP contribution in [0.3, 0.4) is 0 Å². The lowest BCUT2D eigenvalue weighted by atomic mass is 10.1. The maximum absolute atomic E-state index is 11.9. The largest absolute Gasteiger partial charge is 0.504 e. The highest BCUT2D eigenvalue weighted by molar-refractivity contribution is 7.09. The van der Waals surface area contributed by atoms with E-state index in [1.54, 1.807) is 17.4 Å². The van der Waals surface area contributed by atoms with E-state index in [1.807, 2.05) is 17.5 Å². The lowest BCUT2D eigenvalue weighted by Crippen LogP contribution is -2.09. The van der Waals surface area contributed by atoms with Gasteiger partial charge in [0.15, 0.2) is 17.2 Å². The van der Waals surface area contributed by atoms with Gasteiger partial charge in [-0.2, -0.15) is 5.26 Å². The van der Waals surface area contributed by atoms with Gasteiger partial charge in [0.25, 0.3) is 0 Å². The first-order valence-corrected chi connectivity index (χ1v) is 7.45. The molecule has 1 heterocycles. The van der Waals surface area contributed by atoms with Crippen LogP contribution in [0.15, 0.2) is 35.2 Å². The SMILES string of the molecule is N#C/C(=C\c1cc(O)c(O)c(O)c1)C(=O)OCCc1cccs1. The molecule has 23 heavy (non-hydrogen) atoms. The maximum atomic E-state index is 11.9. The predicted molar refractivity (Wildman–Crippen MR) is 84.0 cm³/mol. The number of nitrogens with zero attached hydrogens (tertiary/aromatic N) is 1. The van der Waals surface area contributed by atoms with Crippen molar-refractivity contribution >= 4 is 23.4 Å². The Hall–Kier alpha value is -2.98. The van der Waals surface area contributed by atoms with Gasteiger partial charge in [0.1, 0.15) is 11.6 Å². The Morgan fingerprint density at radius 2 is 2.00 bits per heavy atom. The molecule has 0 fully saturated rings. The first-order chi connectivity index (χ1) is 11.0. The minimum Gasteiger partial charge on any atom is -0.504 e. The van der Waals surface area contributed by atoms with Crippen LogP contribution in [-0.4, -0.2) is 27.9 Å². The molecule has 6 nitrogen and oxygen atoms in total. The third kappa shape index (κ3) is 4.25. The molecule has 0 aliphatic rings. The normalized spacial score (nSPS) is 11.0. The molecule has 2 rings (SSSR count). The Morgan fingerprint density at radius 1 is 1.30 bits per heavy atom. The maximum Gasteiger partial charge on any atom is 0.348 e. The molecule has 3 N–H and O–H groups in total. The molecule has 2 aromatic rings. The van der Waals surface area contributed by atoms with Gasteiger partial charge in [0.05, 0.1) is 6.61 Å². The highest BCUT2D eigenvalue weighted by Crippen LogP contribution is 2.35. The molecular formula is C16H13NO5S. The summed E-state index contributed by atoms with van der Waals surface area (Å²) >= 11 is 1.55. The van der Waals surface area contributed by atoms with Crippen molar-refractivity contribution < 1.29 is 24.9 Å². The average Bonchev–Trinajstić information content (AvgIpc) is 3.03. The number of phenolic OH excluding ortho intramolecular Hbond substituents is 3. The van der Waals surface area contributed by atoms with E-state index in [9.17, 15) is 20.1 Å². The third-order valence-corrected chi connectivity index (χ3v) is 3.84. The van der Waals surface area contributed by atoms with Crippen molar-refractivity contribution in [2.24, 2.45) is 0 Å². The van der Waals surface area contributed by atoms with Crippen LogP contribution >= 0.6 is 11.3 Å². The summed E-state index contributed by atoms with van der Waals surface area (Å²) in [6.45, 7) is 0.143. The summed E-state index contributed by atoms with van der Waals surface area (Å²) < 4.78 is 5.03. The van der Waals surface area contributed by atoms with Crippen molar-refractivity contribution in [3.8, 4) is 23.3 Å². The number of nitriles is 1. The van der Waals surface area contributed by atoms with Gasteiger partial charge in [0.2, 0.25) is 0 Å². The minimum atomic E-state index is -0.795. The Labute approximate surface area is 136 Å². The molecule has 0 amide bonds. The van der Waals surface area contributed by atoms with Crippen LogP contribution in [-0.2, 0) is 16.0 Å². The smallest absolute Gasteiger partial charge is 0.348 e. The van der Waals surface area contributed by atoms with E-state index in [4.69, 9.17) is 10.00 Å². The number of ether oxygens (including phenoxy) is 1. The zero-order chi connectivity index (χ0) is 16.8. The fourth-order valence-electron chi connectivity index (χ4n) is 1.79. The monoisotopic (exact) mass is 331 g/mol. The average molecular weight is 331 g/mol. The van der Waals surface area contributed by atoms with Crippen LogP contribution < -0.4 is 0 Å². The standard InChI is InChI=1S/C16H13NO5S/c17-9-11(6-10-7-13(18)15(20)14(19)8-10)16(21)22-4-3-12-2-1-5-23-12/h1-2,5-8,18-20H,3-4H2/b11-6+. The van der Waals surface area contributed by atoms with E-state index < -0.39 is 23.2 Å². The molecule has 7 heteroatoms. The van der Waals surface area contributed by atoms with Crippen molar-refractivity contribution in [2.75, 3.05) is 6.61 Å². The van der Waals surface area contributed by atoms with E-state index in [0.717, 1.165) is 23.1 Å². The highest BCUT2D eigenvalue weighted by Gasteiger charge is 2.13. The second kappa shape index (κ2) is 7.33. The highest BCUT2D eigenvalue weighted by atomic mass is 32.1. The van der Waals surface area contributed by atoms with Crippen molar-refractivity contribution in [1.29, 1.82) is 5.26 Å². The zero-order valence-electron chi connectivity index (χ0n) is 11.9. The third-order valence-electron chi connectivity index (χ3n) is 2.91. The lowest BCUT2D eigenvalue weighted by Gasteiger charge is -2.04. The van der Waals surface area contributed by atoms with E-state index in [0.29, 0.717) is 6.42 Å². The van der Waals surface area contributed by atoms with E-state index in [-0.39, 0.29) is 17.7 Å². The Balaban J connectivity index is 2.06. The second-order valence-corrected chi connectivity index (χ2v) is 5.58. The number of hydrogen-bond donors (Lipinski definition) is 3. The van der Waals surface area contributed by atoms with Gasteiger partial charge in [-0.3, -0.25) is 0 Å². The van der Waals surface area contributed by atoms with Crippen molar-refractivity contribution in [3.05, 3.63) is 45.7 Å². The fourth-order valence-corrected chi connectivity index (χ4v) is 2.48. The molecule has 0 aliphatic heterocycles.